The molecule has 2 aliphatic heterocycles. The molecule has 0 bridgehead atoms. The van der Waals surface area contributed by atoms with E-state index in [4.69, 9.17) is 9.47 Å². The molecule has 2 heterocycles. The Labute approximate surface area is 160 Å². The van der Waals surface area contributed by atoms with E-state index in [1.54, 1.807) is 0 Å². The van der Waals surface area contributed by atoms with Crippen molar-refractivity contribution in [3.63, 3.8) is 0 Å². The monoisotopic (exact) mass is 452 g/mol. The van der Waals surface area contributed by atoms with Crippen molar-refractivity contribution in [1.29, 1.82) is 0 Å². The first kappa shape index (κ1) is 17.8. The summed E-state index contributed by atoms with van der Waals surface area (Å²) >= 11 is 6.94. The topological polar surface area (TPSA) is 18.5 Å². The van der Waals surface area contributed by atoms with Crippen LogP contribution < -0.4 is 9.47 Å². The van der Waals surface area contributed by atoms with Crippen molar-refractivity contribution in [2.24, 2.45) is 0 Å². The van der Waals surface area contributed by atoms with Crippen LogP contribution in [0.3, 0.4) is 0 Å². The Balaban J connectivity index is 0.000000141. The van der Waals surface area contributed by atoms with Gasteiger partial charge in [-0.25, -0.2) is 0 Å². The summed E-state index contributed by atoms with van der Waals surface area (Å²) in [6.45, 7) is 8.45. The molecule has 4 rings (SSSR count). The first-order valence-corrected chi connectivity index (χ1v) is 9.68. The Morgan fingerprint density at radius 3 is 2.21 bits per heavy atom. The zero-order valence-electron chi connectivity index (χ0n) is 14.5. The third-order valence-corrected chi connectivity index (χ3v) is 5.33. The molecule has 2 aromatic carbocycles. The van der Waals surface area contributed by atoms with Crippen molar-refractivity contribution >= 4 is 31.9 Å². The molecule has 0 radical (unpaired) electrons. The van der Waals surface area contributed by atoms with Crippen LogP contribution in [0, 0.1) is 0 Å². The summed E-state index contributed by atoms with van der Waals surface area (Å²) in [7, 11) is 0. The quantitative estimate of drug-likeness (QED) is 0.464. The van der Waals surface area contributed by atoms with Gasteiger partial charge in [-0.1, -0.05) is 44.0 Å². The Morgan fingerprint density at radius 1 is 0.833 bits per heavy atom. The van der Waals surface area contributed by atoms with Crippen LogP contribution in [0.15, 0.2) is 45.3 Å². The van der Waals surface area contributed by atoms with Gasteiger partial charge in [-0.3, -0.25) is 0 Å². The summed E-state index contributed by atoms with van der Waals surface area (Å²) in [6.07, 6.45) is 2.00. The van der Waals surface area contributed by atoms with Gasteiger partial charge in [-0.05, 0) is 57.5 Å². The molecule has 0 saturated heterocycles. The Morgan fingerprint density at radius 2 is 1.50 bits per heavy atom. The molecule has 0 fully saturated rings. The van der Waals surface area contributed by atoms with Crippen LogP contribution in [-0.4, -0.2) is 11.2 Å². The molecule has 128 valence electrons. The third-order valence-electron chi connectivity index (χ3n) is 4.10. The number of ether oxygens (including phenoxy) is 2. The van der Waals surface area contributed by atoms with E-state index in [0.717, 1.165) is 33.3 Å². The summed E-state index contributed by atoms with van der Waals surface area (Å²) in [6, 6.07) is 12.3. The summed E-state index contributed by atoms with van der Waals surface area (Å²) in [5.41, 5.74) is 2.54. The predicted molar refractivity (Wildman–Crippen MR) is 105 cm³/mol. The predicted octanol–water partition coefficient (Wildman–Crippen LogP) is 6.33. The van der Waals surface area contributed by atoms with Crippen molar-refractivity contribution in [3.8, 4) is 11.5 Å². The van der Waals surface area contributed by atoms with Gasteiger partial charge in [0.15, 0.2) is 0 Å². The van der Waals surface area contributed by atoms with E-state index < -0.39 is 0 Å². The van der Waals surface area contributed by atoms with E-state index in [2.05, 4.69) is 77.8 Å². The molecule has 0 N–H and O–H groups in total. The molecule has 24 heavy (non-hydrogen) atoms. The molecule has 0 saturated carbocycles. The molecule has 0 atom stereocenters. The minimum absolute atomic E-state index is 0.0247. The second-order valence-electron chi connectivity index (χ2n) is 7.55. The lowest BCUT2D eigenvalue weighted by atomic mass is 10.0. The molecular weight excluding hydrogens is 432 g/mol. The van der Waals surface area contributed by atoms with E-state index in [0.29, 0.717) is 0 Å². The number of halogens is 2. The van der Waals surface area contributed by atoms with E-state index in [-0.39, 0.29) is 11.2 Å². The van der Waals surface area contributed by atoms with Crippen molar-refractivity contribution in [1.82, 2.24) is 0 Å². The van der Waals surface area contributed by atoms with Gasteiger partial charge in [0.1, 0.15) is 22.7 Å². The van der Waals surface area contributed by atoms with Gasteiger partial charge < -0.3 is 9.47 Å². The molecule has 0 amide bonds. The van der Waals surface area contributed by atoms with Crippen LogP contribution in [0.1, 0.15) is 38.8 Å². The number of hydrogen-bond donors (Lipinski definition) is 0. The second-order valence-corrected chi connectivity index (χ2v) is 9.32. The van der Waals surface area contributed by atoms with Gasteiger partial charge in [-0.15, -0.1) is 0 Å². The molecular formula is C20H22Br2O2. The van der Waals surface area contributed by atoms with Gasteiger partial charge >= 0.3 is 0 Å². The zero-order chi connectivity index (χ0) is 17.5. The smallest absolute Gasteiger partial charge is 0.124 e. The van der Waals surface area contributed by atoms with Crippen molar-refractivity contribution in [2.45, 2.75) is 51.7 Å². The Kier molecular flexibility index (Phi) is 4.73. The highest BCUT2D eigenvalue weighted by molar-refractivity contribution is 9.10. The van der Waals surface area contributed by atoms with E-state index >= 15 is 0 Å². The molecule has 4 heteroatoms. The molecule has 2 aliphatic rings. The number of benzene rings is 2. The van der Waals surface area contributed by atoms with Crippen LogP contribution in [0.4, 0.5) is 0 Å². The van der Waals surface area contributed by atoms with Gasteiger partial charge in [0.25, 0.3) is 0 Å². The maximum atomic E-state index is 5.75. The van der Waals surface area contributed by atoms with Crippen molar-refractivity contribution in [3.05, 3.63) is 56.5 Å². The molecule has 0 unspecified atom stereocenters. The Bertz CT molecular complexity index is 766. The van der Waals surface area contributed by atoms with Gasteiger partial charge in [0, 0.05) is 27.4 Å². The van der Waals surface area contributed by atoms with Crippen LogP contribution in [0.2, 0.25) is 0 Å². The second kappa shape index (κ2) is 6.38. The average Bonchev–Trinajstić information content (AvgIpc) is 2.93. The highest BCUT2D eigenvalue weighted by Crippen LogP contribution is 2.38. The lowest BCUT2D eigenvalue weighted by Gasteiger charge is -2.16. The van der Waals surface area contributed by atoms with Gasteiger partial charge in [-0.2, -0.15) is 0 Å². The van der Waals surface area contributed by atoms with Crippen molar-refractivity contribution < 1.29 is 9.47 Å². The van der Waals surface area contributed by atoms with E-state index in [9.17, 15) is 0 Å². The fourth-order valence-corrected chi connectivity index (χ4v) is 3.96. The highest BCUT2D eigenvalue weighted by atomic mass is 79.9. The fraction of sp³-hybridized carbons (Fsp3) is 0.400. The zero-order valence-corrected chi connectivity index (χ0v) is 17.6. The van der Waals surface area contributed by atoms with Crippen LogP contribution in [0.5, 0.6) is 11.5 Å². The molecule has 0 aromatic heterocycles. The van der Waals surface area contributed by atoms with Crippen molar-refractivity contribution in [2.75, 3.05) is 0 Å². The normalized spacial score (nSPS) is 18.6. The van der Waals surface area contributed by atoms with Gasteiger partial charge in [0.05, 0.1) is 0 Å². The van der Waals surface area contributed by atoms with E-state index in [1.807, 2.05) is 18.2 Å². The minimum atomic E-state index is -0.0355. The maximum absolute atomic E-state index is 5.75. The average molecular weight is 454 g/mol. The van der Waals surface area contributed by atoms with Crippen LogP contribution >= 0.6 is 31.9 Å². The SMILES string of the molecule is CC1(C)Cc2c(Br)cccc2O1.CC1(C)Cc2ccc(Br)cc2O1. The van der Waals surface area contributed by atoms with Crippen LogP contribution in [-0.2, 0) is 12.8 Å². The first-order valence-electron chi connectivity index (χ1n) is 8.09. The first-order chi connectivity index (χ1) is 11.2. The number of hydrogen-bond acceptors (Lipinski definition) is 2. The number of rotatable bonds is 0. The van der Waals surface area contributed by atoms with Gasteiger partial charge in [0.2, 0.25) is 0 Å². The lowest BCUT2D eigenvalue weighted by molar-refractivity contribution is 0.138. The summed E-state index contributed by atoms with van der Waals surface area (Å²) < 4.78 is 13.7. The molecule has 0 spiro atoms. The fourth-order valence-electron chi connectivity index (χ4n) is 3.13. The summed E-state index contributed by atoms with van der Waals surface area (Å²) in [4.78, 5) is 0. The van der Waals surface area contributed by atoms with E-state index in [1.165, 1.54) is 11.1 Å². The third kappa shape index (κ3) is 3.97. The largest absolute Gasteiger partial charge is 0.487 e. The number of fused-ring (bicyclic) bond motifs is 2. The van der Waals surface area contributed by atoms with Crippen LogP contribution in [0.25, 0.3) is 0 Å². The summed E-state index contributed by atoms with van der Waals surface area (Å²) in [5, 5.41) is 0. The molecule has 0 aliphatic carbocycles. The minimum Gasteiger partial charge on any atom is -0.487 e. The lowest BCUT2D eigenvalue weighted by Crippen LogP contribution is -2.24. The maximum Gasteiger partial charge on any atom is 0.124 e. The summed E-state index contributed by atoms with van der Waals surface area (Å²) in [5.74, 6) is 2.05. The standard InChI is InChI=1S/2C10H11BrO/c1-10(2)6-7-3-4-8(11)5-9(7)12-10;1-10(2)6-7-8(11)4-3-5-9(7)12-10/h2*3-5H,6H2,1-2H3. The molecule has 2 nitrogen and oxygen atoms in total. The highest BCUT2D eigenvalue weighted by Gasteiger charge is 2.31. The Hall–Kier alpha value is -1.00. The molecule has 2 aromatic rings.